The summed E-state index contributed by atoms with van der Waals surface area (Å²) in [7, 11) is 0. The van der Waals surface area contributed by atoms with Crippen molar-refractivity contribution in [2.24, 2.45) is 0 Å². The van der Waals surface area contributed by atoms with Crippen molar-refractivity contribution >= 4 is 23.4 Å². The van der Waals surface area contributed by atoms with Gasteiger partial charge >= 0.3 is 12.0 Å². The molecule has 2 aliphatic heterocycles. The van der Waals surface area contributed by atoms with Gasteiger partial charge in [-0.1, -0.05) is 42.5 Å². The van der Waals surface area contributed by atoms with Gasteiger partial charge in [-0.15, -0.1) is 0 Å². The minimum absolute atomic E-state index is 0.0829. The van der Waals surface area contributed by atoms with E-state index in [1.807, 2.05) is 35.2 Å². The third-order valence-corrected chi connectivity index (χ3v) is 5.96. The van der Waals surface area contributed by atoms with E-state index in [1.54, 1.807) is 25.1 Å². The largest absolute Gasteiger partial charge is 0.463 e. The molecule has 4 rings (SSSR count). The second kappa shape index (κ2) is 10.3. The Morgan fingerprint density at radius 1 is 1.09 bits per heavy atom. The molecule has 34 heavy (non-hydrogen) atoms. The number of nitrogens with zero attached hydrogens (tertiary/aromatic N) is 3. The number of hydrogen-bond acceptors (Lipinski definition) is 7. The van der Waals surface area contributed by atoms with E-state index < -0.39 is 12.0 Å². The van der Waals surface area contributed by atoms with Gasteiger partial charge in [0.25, 0.3) is 5.69 Å². The highest BCUT2D eigenvalue weighted by Gasteiger charge is 2.34. The Hall–Kier alpha value is -3.92. The molecule has 178 valence electrons. The van der Waals surface area contributed by atoms with Crippen molar-refractivity contribution in [1.29, 1.82) is 0 Å². The number of nitrogens with one attached hydrogen (secondary N) is 2. The summed E-state index contributed by atoms with van der Waals surface area (Å²) in [6.07, 6.45) is 0. The third kappa shape index (κ3) is 5.01. The number of carbonyl (C=O) groups is 2. The number of carbonyl (C=O) groups excluding carboxylic acids is 2. The van der Waals surface area contributed by atoms with Gasteiger partial charge in [-0.3, -0.25) is 15.0 Å². The van der Waals surface area contributed by atoms with Crippen LogP contribution in [0.4, 0.5) is 16.2 Å². The van der Waals surface area contributed by atoms with E-state index in [0.717, 1.165) is 5.56 Å². The normalized spacial score (nSPS) is 18.8. The van der Waals surface area contributed by atoms with Gasteiger partial charge in [0.1, 0.15) is 5.69 Å². The summed E-state index contributed by atoms with van der Waals surface area (Å²) >= 11 is 0. The molecule has 1 fully saturated rings. The van der Waals surface area contributed by atoms with E-state index in [4.69, 9.17) is 4.74 Å². The average Bonchev–Trinajstić information content (AvgIpc) is 2.85. The Kier molecular flexibility index (Phi) is 7.07. The number of rotatable bonds is 7. The van der Waals surface area contributed by atoms with E-state index in [-0.39, 0.29) is 23.2 Å². The molecule has 1 saturated heterocycles. The van der Waals surface area contributed by atoms with Crippen LogP contribution in [0.2, 0.25) is 0 Å². The second-order valence-corrected chi connectivity index (χ2v) is 8.06. The molecular formula is C24H27N5O5. The van der Waals surface area contributed by atoms with Gasteiger partial charge < -0.3 is 20.3 Å². The van der Waals surface area contributed by atoms with Crippen LogP contribution in [0.15, 0.2) is 65.9 Å². The number of amides is 2. The maximum atomic E-state index is 12.9. The molecule has 2 aromatic rings. The summed E-state index contributed by atoms with van der Waals surface area (Å²) in [5.41, 5.74) is 2.36. The molecule has 0 spiro atoms. The molecule has 0 radical (unpaired) electrons. The van der Waals surface area contributed by atoms with Gasteiger partial charge in [0.15, 0.2) is 0 Å². The number of nitro groups is 1. The number of piperazine rings is 1. The fraction of sp³-hybridized carbons (Fsp3) is 0.333. The molecular weight excluding hydrogens is 438 g/mol. The molecule has 10 heteroatoms. The molecule has 2 heterocycles. The zero-order valence-electron chi connectivity index (χ0n) is 18.9. The summed E-state index contributed by atoms with van der Waals surface area (Å²) in [5.74, 6) is -0.475. The van der Waals surface area contributed by atoms with Crippen molar-refractivity contribution in [3.63, 3.8) is 0 Å². The second-order valence-electron chi connectivity index (χ2n) is 8.06. The van der Waals surface area contributed by atoms with Crippen molar-refractivity contribution in [3.8, 4) is 0 Å². The number of para-hydroxylation sites is 2. The number of urea groups is 1. The van der Waals surface area contributed by atoms with Crippen molar-refractivity contribution in [1.82, 2.24) is 15.5 Å². The van der Waals surface area contributed by atoms with Gasteiger partial charge in [0.05, 0.1) is 23.1 Å². The van der Waals surface area contributed by atoms with Crippen LogP contribution in [0.3, 0.4) is 0 Å². The predicted octanol–water partition coefficient (Wildman–Crippen LogP) is 2.59. The van der Waals surface area contributed by atoms with Crippen LogP contribution in [0.5, 0.6) is 0 Å². The lowest BCUT2D eigenvalue weighted by molar-refractivity contribution is -0.384. The van der Waals surface area contributed by atoms with Crippen molar-refractivity contribution in [2.75, 3.05) is 44.2 Å². The Morgan fingerprint density at radius 3 is 2.44 bits per heavy atom. The van der Waals surface area contributed by atoms with Gasteiger partial charge in [-0.25, -0.2) is 9.59 Å². The topological polar surface area (TPSA) is 117 Å². The van der Waals surface area contributed by atoms with Crippen LogP contribution in [-0.2, 0) is 9.53 Å². The number of esters is 1. The average molecular weight is 466 g/mol. The number of nitro benzene ring substituents is 1. The van der Waals surface area contributed by atoms with Gasteiger partial charge in [0.2, 0.25) is 0 Å². The maximum absolute atomic E-state index is 12.9. The predicted molar refractivity (Wildman–Crippen MR) is 126 cm³/mol. The van der Waals surface area contributed by atoms with Gasteiger partial charge in [-0.2, -0.15) is 0 Å². The molecule has 2 amide bonds. The van der Waals surface area contributed by atoms with Gasteiger partial charge in [-0.05, 0) is 18.6 Å². The quantitative estimate of drug-likeness (QED) is 0.367. The van der Waals surface area contributed by atoms with Crippen molar-refractivity contribution in [2.45, 2.75) is 13.0 Å². The molecule has 2 aromatic carbocycles. The van der Waals surface area contributed by atoms with E-state index in [0.29, 0.717) is 49.7 Å². The molecule has 0 bridgehead atoms. The molecule has 0 aliphatic carbocycles. The van der Waals surface area contributed by atoms with Crippen LogP contribution >= 0.6 is 0 Å². The monoisotopic (exact) mass is 465 g/mol. The standard InChI is InChI=1S/C24H27N5O5/c1-2-34-23(30)21-18(25-24(31)26-22(21)17-8-4-3-5-9-17)16-27-12-14-28(15-13-27)19-10-6-7-11-20(19)29(32)33/h3-11,22H,2,12-16H2,1H3,(H2,25,26,31)/t22-/m0/s1. The summed E-state index contributed by atoms with van der Waals surface area (Å²) in [4.78, 5) is 40.5. The van der Waals surface area contributed by atoms with Gasteiger partial charge in [0, 0.05) is 44.5 Å². The zero-order chi connectivity index (χ0) is 24.1. The lowest BCUT2D eigenvalue weighted by Gasteiger charge is -2.37. The molecule has 0 unspecified atom stereocenters. The van der Waals surface area contributed by atoms with Crippen LogP contribution in [0.25, 0.3) is 0 Å². The first-order chi connectivity index (χ1) is 16.5. The molecule has 0 saturated carbocycles. The zero-order valence-corrected chi connectivity index (χ0v) is 18.9. The minimum Gasteiger partial charge on any atom is -0.463 e. The third-order valence-electron chi connectivity index (χ3n) is 5.96. The summed E-state index contributed by atoms with van der Waals surface area (Å²) in [6, 6.07) is 15.0. The Bertz CT molecular complexity index is 1100. The van der Waals surface area contributed by atoms with Crippen LogP contribution in [0, 0.1) is 10.1 Å². The first-order valence-electron chi connectivity index (χ1n) is 11.2. The molecule has 0 aromatic heterocycles. The maximum Gasteiger partial charge on any atom is 0.338 e. The number of anilines is 1. The lowest BCUT2D eigenvalue weighted by atomic mass is 9.95. The van der Waals surface area contributed by atoms with Crippen LogP contribution in [0.1, 0.15) is 18.5 Å². The smallest absolute Gasteiger partial charge is 0.338 e. The van der Waals surface area contributed by atoms with Crippen LogP contribution in [-0.4, -0.2) is 61.2 Å². The van der Waals surface area contributed by atoms with E-state index in [9.17, 15) is 19.7 Å². The molecule has 1 atom stereocenters. The summed E-state index contributed by atoms with van der Waals surface area (Å²) in [6.45, 7) is 4.72. The molecule has 10 nitrogen and oxygen atoms in total. The number of benzene rings is 2. The Morgan fingerprint density at radius 2 is 1.76 bits per heavy atom. The molecule has 2 N–H and O–H groups in total. The van der Waals surface area contributed by atoms with E-state index in [1.165, 1.54) is 6.07 Å². The highest BCUT2D eigenvalue weighted by Crippen LogP contribution is 2.30. The highest BCUT2D eigenvalue weighted by molar-refractivity contribution is 5.95. The SMILES string of the molecule is CCOC(=O)C1=C(CN2CCN(c3ccccc3[N+](=O)[O-])CC2)NC(=O)N[C@H]1c1ccccc1. The van der Waals surface area contributed by atoms with Crippen molar-refractivity contribution in [3.05, 3.63) is 81.5 Å². The fourth-order valence-electron chi connectivity index (χ4n) is 4.34. The highest BCUT2D eigenvalue weighted by atomic mass is 16.6. The number of hydrogen-bond donors (Lipinski definition) is 2. The minimum atomic E-state index is -0.614. The van der Waals surface area contributed by atoms with Crippen LogP contribution < -0.4 is 15.5 Å². The summed E-state index contributed by atoms with van der Waals surface area (Å²) in [5, 5.41) is 17.0. The Balaban J connectivity index is 1.55. The lowest BCUT2D eigenvalue weighted by Crippen LogP contribution is -2.51. The summed E-state index contributed by atoms with van der Waals surface area (Å²) < 4.78 is 5.32. The first kappa shape index (κ1) is 23.2. The van der Waals surface area contributed by atoms with E-state index in [2.05, 4.69) is 15.5 Å². The number of ether oxygens (including phenoxy) is 1. The fourth-order valence-corrected chi connectivity index (χ4v) is 4.34. The Labute approximate surface area is 197 Å². The molecule has 2 aliphatic rings. The van der Waals surface area contributed by atoms with Crippen molar-refractivity contribution < 1.29 is 19.2 Å². The first-order valence-corrected chi connectivity index (χ1v) is 11.2. The van der Waals surface area contributed by atoms with E-state index >= 15 is 0 Å².